The summed E-state index contributed by atoms with van der Waals surface area (Å²) in [4.78, 5) is 2.51. The van der Waals surface area contributed by atoms with E-state index in [0.717, 1.165) is 0 Å². The topological polar surface area (TPSA) is 7.12 Å². The molecule has 0 radical (unpaired) electrons. The maximum absolute atomic E-state index is 2.51. The molecule has 1 aromatic rings. The molecule has 0 amide bonds. The molecule has 0 aromatic carbocycles. The first kappa shape index (κ1) is 25.4. The number of unbranched alkanes of at least 4 members (excludes halogenated alkanes) is 15. The minimum Gasteiger partial charge on any atom is -0.299 e. The Bertz CT molecular complexity index is 527. The first-order chi connectivity index (χ1) is 14.8. The highest BCUT2D eigenvalue weighted by Gasteiger charge is 2.24. The second-order valence-corrected chi connectivity index (χ2v) is 9.82. The van der Waals surface area contributed by atoms with E-state index in [9.17, 15) is 0 Å². The summed E-state index contributed by atoms with van der Waals surface area (Å²) in [7, 11) is 2.27. The fourth-order valence-electron chi connectivity index (χ4n) is 5.05. The number of pyridine rings is 1. The van der Waals surface area contributed by atoms with E-state index in [1.807, 2.05) is 0 Å². The van der Waals surface area contributed by atoms with E-state index in [-0.39, 0.29) is 0 Å². The number of hydrogen-bond donors (Lipinski definition) is 0. The molecule has 2 rings (SSSR count). The van der Waals surface area contributed by atoms with Gasteiger partial charge >= 0.3 is 0 Å². The van der Waals surface area contributed by atoms with Crippen LogP contribution in [-0.4, -0.2) is 18.5 Å². The summed E-state index contributed by atoms with van der Waals surface area (Å²) in [6.45, 7) is 4.73. The molecule has 30 heavy (non-hydrogen) atoms. The second-order valence-electron chi connectivity index (χ2n) is 9.82. The van der Waals surface area contributed by atoms with Crippen molar-refractivity contribution in [1.29, 1.82) is 0 Å². The van der Waals surface area contributed by atoms with Crippen LogP contribution in [0.3, 0.4) is 0 Å². The molecule has 1 fully saturated rings. The molecule has 172 valence electrons. The molecule has 1 saturated heterocycles. The van der Waals surface area contributed by atoms with Crippen LogP contribution in [0.4, 0.5) is 0 Å². The van der Waals surface area contributed by atoms with Crippen LogP contribution < -0.4 is 4.57 Å². The third-order valence-electron chi connectivity index (χ3n) is 7.06. The molecule has 2 heterocycles. The first-order valence-electron chi connectivity index (χ1n) is 13.5. The number of rotatable bonds is 18. The van der Waals surface area contributed by atoms with Crippen LogP contribution >= 0.6 is 0 Å². The molecule has 2 nitrogen and oxygen atoms in total. The Hall–Kier alpha value is -0.890. The highest BCUT2D eigenvalue weighted by molar-refractivity contribution is 5.12. The van der Waals surface area contributed by atoms with E-state index in [2.05, 4.69) is 48.0 Å². The molecule has 0 N–H and O–H groups in total. The molecule has 1 atom stereocenters. The van der Waals surface area contributed by atoms with Crippen LogP contribution in [0.1, 0.15) is 134 Å². The highest BCUT2D eigenvalue weighted by atomic mass is 15.1. The predicted molar refractivity (Wildman–Crippen MR) is 131 cm³/mol. The van der Waals surface area contributed by atoms with Gasteiger partial charge in [0.15, 0.2) is 12.4 Å². The van der Waals surface area contributed by atoms with Crippen molar-refractivity contribution in [2.75, 3.05) is 13.6 Å². The van der Waals surface area contributed by atoms with Gasteiger partial charge in [0.2, 0.25) is 0 Å². The average molecular weight is 416 g/mol. The molecule has 1 aliphatic heterocycles. The summed E-state index contributed by atoms with van der Waals surface area (Å²) in [5.41, 5.74) is 1.51. The van der Waals surface area contributed by atoms with Crippen molar-refractivity contribution in [3.8, 4) is 0 Å². The molecule has 0 unspecified atom stereocenters. The number of hydrogen-bond acceptors (Lipinski definition) is 1. The van der Waals surface area contributed by atoms with Gasteiger partial charge in [0.25, 0.3) is 0 Å². The molecular weight excluding hydrogens is 364 g/mol. The largest absolute Gasteiger partial charge is 0.299 e. The van der Waals surface area contributed by atoms with Crippen molar-refractivity contribution < 1.29 is 4.57 Å². The smallest absolute Gasteiger partial charge is 0.173 e. The minimum atomic E-state index is 0.642. The van der Waals surface area contributed by atoms with Gasteiger partial charge in [-0.2, -0.15) is 0 Å². The first-order valence-corrected chi connectivity index (χ1v) is 13.5. The van der Waals surface area contributed by atoms with Crippen LogP contribution in [0, 0.1) is 0 Å². The zero-order chi connectivity index (χ0) is 21.3. The number of likely N-dealkylation sites (tertiary alicyclic amines) is 1. The van der Waals surface area contributed by atoms with Crippen LogP contribution in [0.25, 0.3) is 0 Å². The lowest BCUT2D eigenvalue weighted by Crippen LogP contribution is -2.34. The van der Waals surface area contributed by atoms with E-state index >= 15 is 0 Å². The Kier molecular flexibility index (Phi) is 14.2. The minimum absolute atomic E-state index is 0.642. The Balaban J connectivity index is 1.38. The van der Waals surface area contributed by atoms with Gasteiger partial charge in [-0.05, 0) is 38.9 Å². The SMILES string of the molecule is CCCCCCCCCCCCCCCCCC[n+]1cccc([C@@H]2CCCN2C)c1. The van der Waals surface area contributed by atoms with Gasteiger partial charge in [0, 0.05) is 24.1 Å². The summed E-state index contributed by atoms with van der Waals surface area (Å²) in [6.07, 6.45) is 30.4. The van der Waals surface area contributed by atoms with Gasteiger partial charge in [-0.3, -0.25) is 4.90 Å². The molecule has 1 aliphatic rings. The monoisotopic (exact) mass is 415 g/mol. The van der Waals surface area contributed by atoms with Crippen molar-refractivity contribution >= 4 is 0 Å². The maximum atomic E-state index is 2.51. The third kappa shape index (κ3) is 10.9. The summed E-state index contributed by atoms with van der Waals surface area (Å²) in [5.74, 6) is 0. The number of nitrogens with zero attached hydrogens (tertiary/aromatic N) is 2. The predicted octanol–water partition coefficient (Wildman–Crippen LogP) is 8.00. The Morgan fingerprint density at radius 2 is 1.33 bits per heavy atom. The zero-order valence-electron chi connectivity index (χ0n) is 20.4. The highest BCUT2D eigenvalue weighted by Crippen LogP contribution is 2.29. The van der Waals surface area contributed by atoms with Crippen molar-refractivity contribution in [3.05, 3.63) is 30.1 Å². The Morgan fingerprint density at radius 3 is 1.83 bits per heavy atom. The molecule has 2 heteroatoms. The van der Waals surface area contributed by atoms with Crippen LogP contribution in [0.5, 0.6) is 0 Å². The number of aromatic nitrogens is 1. The van der Waals surface area contributed by atoms with E-state index < -0.39 is 0 Å². The van der Waals surface area contributed by atoms with Crippen LogP contribution in [-0.2, 0) is 6.54 Å². The lowest BCUT2D eigenvalue weighted by molar-refractivity contribution is -0.697. The fraction of sp³-hybridized carbons (Fsp3) is 0.821. The summed E-state index contributed by atoms with van der Waals surface area (Å²) in [6, 6.07) is 5.20. The Labute approximate surface area is 188 Å². The van der Waals surface area contributed by atoms with Gasteiger partial charge in [-0.15, -0.1) is 0 Å². The third-order valence-corrected chi connectivity index (χ3v) is 7.06. The van der Waals surface area contributed by atoms with Gasteiger partial charge < -0.3 is 0 Å². The van der Waals surface area contributed by atoms with E-state index in [1.54, 1.807) is 0 Å². The van der Waals surface area contributed by atoms with Gasteiger partial charge in [-0.25, -0.2) is 4.57 Å². The van der Waals surface area contributed by atoms with Crippen molar-refractivity contribution in [3.63, 3.8) is 0 Å². The van der Waals surface area contributed by atoms with Crippen molar-refractivity contribution in [2.24, 2.45) is 0 Å². The van der Waals surface area contributed by atoms with Gasteiger partial charge in [0.05, 0.1) is 0 Å². The molecular formula is C28H51N2+. The molecule has 0 spiro atoms. The van der Waals surface area contributed by atoms with Gasteiger partial charge in [-0.1, -0.05) is 96.8 Å². The van der Waals surface area contributed by atoms with E-state index in [1.165, 1.54) is 134 Å². The Morgan fingerprint density at radius 1 is 0.800 bits per heavy atom. The van der Waals surface area contributed by atoms with Crippen molar-refractivity contribution in [1.82, 2.24) is 4.90 Å². The van der Waals surface area contributed by atoms with Crippen molar-refractivity contribution in [2.45, 2.75) is 135 Å². The summed E-state index contributed by atoms with van der Waals surface area (Å²) >= 11 is 0. The molecule has 0 aliphatic carbocycles. The number of aryl methyl sites for hydroxylation is 1. The summed E-state index contributed by atoms with van der Waals surface area (Å²) < 4.78 is 2.42. The van der Waals surface area contributed by atoms with Crippen LogP contribution in [0.2, 0.25) is 0 Å². The zero-order valence-corrected chi connectivity index (χ0v) is 20.4. The lowest BCUT2D eigenvalue weighted by Gasteiger charge is -2.18. The quantitative estimate of drug-likeness (QED) is 0.174. The maximum Gasteiger partial charge on any atom is 0.173 e. The standard InChI is InChI=1S/C28H51N2/c1-3-4-5-6-7-8-9-10-11-12-13-14-15-16-17-18-24-30-25-19-21-27(26-30)28-22-20-23-29(28)2/h19,21,25-26,28H,3-18,20,22-24H2,1-2H3/q+1/t28-/m0/s1. The molecule has 0 saturated carbocycles. The van der Waals surface area contributed by atoms with E-state index in [4.69, 9.17) is 0 Å². The van der Waals surface area contributed by atoms with E-state index in [0.29, 0.717) is 6.04 Å². The second kappa shape index (κ2) is 16.8. The van der Waals surface area contributed by atoms with Crippen LogP contribution in [0.15, 0.2) is 24.5 Å². The summed E-state index contributed by atoms with van der Waals surface area (Å²) in [5, 5.41) is 0. The lowest BCUT2D eigenvalue weighted by atomic mass is 10.0. The average Bonchev–Trinajstić information content (AvgIpc) is 3.19. The normalized spacial score (nSPS) is 17.1. The van der Waals surface area contributed by atoms with Gasteiger partial charge in [0.1, 0.15) is 6.54 Å². The molecule has 1 aromatic heterocycles. The molecule has 0 bridgehead atoms. The fourth-order valence-corrected chi connectivity index (χ4v) is 5.05.